The number of aromatic nitrogens is 2. The number of hydrogen-bond acceptors (Lipinski definition) is 4. The van der Waals surface area contributed by atoms with Gasteiger partial charge in [0.1, 0.15) is 5.82 Å². The summed E-state index contributed by atoms with van der Waals surface area (Å²) in [5, 5.41) is 0. The summed E-state index contributed by atoms with van der Waals surface area (Å²) in [6.07, 6.45) is 0. The van der Waals surface area contributed by atoms with Crippen LogP contribution in [-0.4, -0.2) is 35.7 Å². The van der Waals surface area contributed by atoms with Crippen LogP contribution in [0.25, 0.3) is 11.0 Å². The molecule has 0 saturated carbocycles. The summed E-state index contributed by atoms with van der Waals surface area (Å²) in [5.41, 5.74) is 2.00. The van der Waals surface area contributed by atoms with E-state index < -0.39 is 6.55 Å². The van der Waals surface area contributed by atoms with E-state index in [2.05, 4.69) is 4.98 Å². The standard InChI is InChI=1S/C20H23F2N3O2/c1-13(19-23-15-7-5-6-8-16(15)25(19)20(21)22)24(2)12-14-9-10-17(26-3)18(11-14)27-4/h5-11,13,20H,12H2,1-4H3. The number of alkyl halides is 2. The first-order valence-electron chi connectivity index (χ1n) is 8.62. The van der Waals surface area contributed by atoms with Gasteiger partial charge in [-0.05, 0) is 43.8 Å². The summed E-state index contributed by atoms with van der Waals surface area (Å²) in [6.45, 7) is -0.223. The van der Waals surface area contributed by atoms with Crippen LogP contribution < -0.4 is 9.47 Å². The van der Waals surface area contributed by atoms with Crippen LogP contribution in [0.3, 0.4) is 0 Å². The molecular formula is C20H23F2N3O2. The zero-order valence-electron chi connectivity index (χ0n) is 15.8. The quantitative estimate of drug-likeness (QED) is 0.603. The zero-order chi connectivity index (χ0) is 19.6. The average molecular weight is 375 g/mol. The van der Waals surface area contributed by atoms with Crippen molar-refractivity contribution in [2.75, 3.05) is 21.3 Å². The third-order valence-electron chi connectivity index (χ3n) is 4.73. The van der Waals surface area contributed by atoms with Crippen molar-refractivity contribution < 1.29 is 18.3 Å². The molecule has 0 radical (unpaired) electrons. The van der Waals surface area contributed by atoms with Gasteiger partial charge in [0.2, 0.25) is 0 Å². The summed E-state index contributed by atoms with van der Waals surface area (Å²) in [6, 6.07) is 12.3. The van der Waals surface area contributed by atoms with Crippen molar-refractivity contribution in [3.8, 4) is 11.5 Å². The third kappa shape index (κ3) is 3.73. The highest BCUT2D eigenvalue weighted by molar-refractivity contribution is 5.76. The Labute approximate surface area is 157 Å². The van der Waals surface area contributed by atoms with E-state index in [1.54, 1.807) is 38.5 Å². The lowest BCUT2D eigenvalue weighted by molar-refractivity contribution is 0.0657. The van der Waals surface area contributed by atoms with Crippen LogP contribution in [0.2, 0.25) is 0 Å². The molecule has 0 spiro atoms. The Bertz CT molecular complexity index is 927. The van der Waals surface area contributed by atoms with Gasteiger partial charge in [0.05, 0.1) is 31.3 Å². The van der Waals surface area contributed by atoms with Gasteiger partial charge in [-0.15, -0.1) is 0 Å². The molecule has 0 aliphatic rings. The minimum Gasteiger partial charge on any atom is -0.493 e. The molecule has 1 atom stereocenters. The first kappa shape index (κ1) is 19.1. The molecule has 1 heterocycles. The van der Waals surface area contributed by atoms with Gasteiger partial charge < -0.3 is 9.47 Å². The fourth-order valence-electron chi connectivity index (χ4n) is 3.16. The SMILES string of the molecule is COc1ccc(CN(C)C(C)c2nc3ccccc3n2C(F)F)cc1OC. The van der Waals surface area contributed by atoms with Gasteiger partial charge >= 0.3 is 6.55 Å². The van der Waals surface area contributed by atoms with E-state index in [1.807, 2.05) is 37.1 Å². The topological polar surface area (TPSA) is 39.5 Å². The molecule has 0 fully saturated rings. The first-order chi connectivity index (χ1) is 13.0. The third-order valence-corrected chi connectivity index (χ3v) is 4.73. The molecule has 0 bridgehead atoms. The fourth-order valence-corrected chi connectivity index (χ4v) is 3.16. The van der Waals surface area contributed by atoms with Gasteiger partial charge in [-0.25, -0.2) is 4.98 Å². The van der Waals surface area contributed by atoms with Crippen LogP contribution in [0, 0.1) is 0 Å². The Morgan fingerprint density at radius 3 is 2.44 bits per heavy atom. The predicted molar refractivity (Wildman–Crippen MR) is 100 cm³/mol. The molecule has 2 aromatic carbocycles. The fraction of sp³-hybridized carbons (Fsp3) is 0.350. The van der Waals surface area contributed by atoms with E-state index in [4.69, 9.17) is 9.47 Å². The van der Waals surface area contributed by atoms with E-state index in [0.717, 1.165) is 10.1 Å². The second-order valence-electron chi connectivity index (χ2n) is 6.39. The molecule has 0 aliphatic heterocycles. The Balaban J connectivity index is 1.89. The Morgan fingerprint density at radius 2 is 1.78 bits per heavy atom. The maximum Gasteiger partial charge on any atom is 0.320 e. The van der Waals surface area contributed by atoms with Crippen LogP contribution in [0.1, 0.15) is 30.9 Å². The number of fused-ring (bicyclic) bond motifs is 1. The highest BCUT2D eigenvalue weighted by atomic mass is 19.3. The normalized spacial score (nSPS) is 12.7. The smallest absolute Gasteiger partial charge is 0.320 e. The summed E-state index contributed by atoms with van der Waals surface area (Å²) in [4.78, 5) is 6.43. The van der Waals surface area contributed by atoms with Crippen LogP contribution in [0.15, 0.2) is 42.5 Å². The second-order valence-corrected chi connectivity index (χ2v) is 6.39. The monoisotopic (exact) mass is 375 g/mol. The minimum absolute atomic E-state index is 0.306. The molecule has 1 aromatic heterocycles. The van der Waals surface area contributed by atoms with Crippen molar-refractivity contribution in [2.45, 2.75) is 26.1 Å². The van der Waals surface area contributed by atoms with Crippen molar-refractivity contribution in [2.24, 2.45) is 0 Å². The van der Waals surface area contributed by atoms with Crippen LogP contribution >= 0.6 is 0 Å². The van der Waals surface area contributed by atoms with E-state index in [9.17, 15) is 8.78 Å². The maximum atomic E-state index is 13.7. The van der Waals surface area contributed by atoms with Gasteiger partial charge in [-0.1, -0.05) is 18.2 Å². The van der Waals surface area contributed by atoms with Crippen molar-refractivity contribution in [1.82, 2.24) is 14.5 Å². The predicted octanol–water partition coefficient (Wildman–Crippen LogP) is 4.64. The highest BCUT2D eigenvalue weighted by Gasteiger charge is 2.24. The van der Waals surface area contributed by atoms with E-state index in [-0.39, 0.29) is 6.04 Å². The van der Waals surface area contributed by atoms with Gasteiger partial charge in [0.15, 0.2) is 11.5 Å². The first-order valence-corrected chi connectivity index (χ1v) is 8.62. The number of hydrogen-bond donors (Lipinski definition) is 0. The second kappa shape index (κ2) is 7.92. The number of para-hydroxylation sites is 2. The molecule has 3 rings (SSSR count). The van der Waals surface area contributed by atoms with E-state index >= 15 is 0 Å². The van der Waals surface area contributed by atoms with Crippen molar-refractivity contribution in [1.29, 1.82) is 0 Å². The molecule has 0 aliphatic carbocycles. The van der Waals surface area contributed by atoms with Gasteiger partial charge in [0.25, 0.3) is 0 Å². The average Bonchev–Trinajstić information content (AvgIpc) is 3.06. The van der Waals surface area contributed by atoms with Crippen LogP contribution in [0.5, 0.6) is 11.5 Å². The number of methoxy groups -OCH3 is 2. The largest absolute Gasteiger partial charge is 0.493 e. The molecule has 7 heteroatoms. The summed E-state index contributed by atoms with van der Waals surface area (Å²) in [7, 11) is 5.05. The van der Waals surface area contributed by atoms with Gasteiger partial charge in [-0.2, -0.15) is 8.78 Å². The Hall–Kier alpha value is -2.67. The lowest BCUT2D eigenvalue weighted by Gasteiger charge is -2.25. The molecule has 0 N–H and O–H groups in total. The van der Waals surface area contributed by atoms with Crippen molar-refractivity contribution in [3.05, 3.63) is 53.9 Å². The molecule has 0 amide bonds. The highest BCUT2D eigenvalue weighted by Crippen LogP contribution is 2.31. The molecule has 0 saturated heterocycles. The lowest BCUT2D eigenvalue weighted by Crippen LogP contribution is -2.25. The Kier molecular flexibility index (Phi) is 5.60. The number of rotatable bonds is 7. The van der Waals surface area contributed by atoms with Gasteiger partial charge in [-0.3, -0.25) is 9.47 Å². The summed E-state index contributed by atoms with van der Waals surface area (Å²) in [5.74, 6) is 1.63. The lowest BCUT2D eigenvalue weighted by atomic mass is 10.1. The van der Waals surface area contributed by atoms with Gasteiger partial charge in [0, 0.05) is 6.54 Å². The summed E-state index contributed by atoms with van der Waals surface area (Å²) >= 11 is 0. The molecular weight excluding hydrogens is 352 g/mol. The summed E-state index contributed by atoms with van der Waals surface area (Å²) < 4.78 is 39.0. The molecule has 1 unspecified atom stereocenters. The van der Waals surface area contributed by atoms with Crippen molar-refractivity contribution >= 4 is 11.0 Å². The minimum atomic E-state index is -2.65. The molecule has 27 heavy (non-hydrogen) atoms. The molecule has 144 valence electrons. The Morgan fingerprint density at radius 1 is 1.07 bits per heavy atom. The number of halogens is 2. The van der Waals surface area contributed by atoms with Crippen molar-refractivity contribution in [3.63, 3.8) is 0 Å². The number of ether oxygens (including phenoxy) is 2. The number of benzene rings is 2. The molecule has 5 nitrogen and oxygen atoms in total. The maximum absolute atomic E-state index is 13.7. The number of nitrogens with zero attached hydrogens (tertiary/aromatic N) is 3. The molecule has 3 aromatic rings. The van der Waals surface area contributed by atoms with Crippen LogP contribution in [0.4, 0.5) is 8.78 Å². The zero-order valence-corrected chi connectivity index (χ0v) is 15.8. The number of imidazole rings is 1. The van der Waals surface area contributed by atoms with E-state index in [0.29, 0.717) is 34.9 Å². The van der Waals surface area contributed by atoms with E-state index in [1.165, 1.54) is 0 Å². The van der Waals surface area contributed by atoms with Crippen LogP contribution in [-0.2, 0) is 6.54 Å².